The van der Waals surface area contributed by atoms with Gasteiger partial charge in [-0.15, -0.1) is 0 Å². The Hall–Kier alpha value is -3.21. The molecule has 0 radical (unpaired) electrons. The van der Waals surface area contributed by atoms with Gasteiger partial charge >= 0.3 is 0 Å². The van der Waals surface area contributed by atoms with Crippen LogP contribution in [0.2, 0.25) is 0 Å². The summed E-state index contributed by atoms with van der Waals surface area (Å²) in [7, 11) is 3.26. The molecule has 0 spiro atoms. The lowest BCUT2D eigenvalue weighted by Crippen LogP contribution is -2.39. The van der Waals surface area contributed by atoms with Gasteiger partial charge in [0.2, 0.25) is 0 Å². The Morgan fingerprint density at radius 3 is 2.31 bits per heavy atom. The number of hydrogen-bond acceptors (Lipinski definition) is 10. The highest BCUT2D eigenvalue weighted by atomic mass is 16.5. The van der Waals surface area contributed by atoms with E-state index in [9.17, 15) is 0 Å². The number of methoxy groups -OCH3 is 2. The van der Waals surface area contributed by atoms with Gasteiger partial charge in [-0.05, 0) is 18.2 Å². The minimum absolute atomic E-state index is 0.611. The predicted octanol–water partition coefficient (Wildman–Crippen LogP) is 2.29. The Balaban J connectivity index is 1.44. The summed E-state index contributed by atoms with van der Waals surface area (Å²) in [6, 6.07) is 7.86. The number of ether oxygens (including phenoxy) is 4. The first-order valence-corrected chi connectivity index (χ1v) is 12.0. The van der Waals surface area contributed by atoms with Crippen LogP contribution in [0.15, 0.2) is 30.5 Å². The van der Waals surface area contributed by atoms with Crippen LogP contribution in [0.1, 0.15) is 0 Å². The third kappa shape index (κ3) is 5.39. The number of aromatic nitrogens is 3. The number of benzene rings is 1. The number of nitrogens with one attached hydrogen (secondary N) is 1. The average molecular weight is 481 g/mol. The van der Waals surface area contributed by atoms with E-state index < -0.39 is 0 Å². The Labute approximate surface area is 205 Å². The molecule has 0 aliphatic carbocycles. The number of nitrogens with zero attached hydrogens (tertiary/aromatic N) is 5. The Bertz CT molecular complexity index is 1130. The summed E-state index contributed by atoms with van der Waals surface area (Å²) in [6.07, 6.45) is 1.84. The summed E-state index contributed by atoms with van der Waals surface area (Å²) in [5, 5.41) is 4.41. The first kappa shape index (κ1) is 23.5. The zero-order chi connectivity index (χ0) is 24.0. The van der Waals surface area contributed by atoms with Gasteiger partial charge in [0.1, 0.15) is 11.6 Å². The average Bonchev–Trinajstić information content (AvgIpc) is 2.93. The van der Waals surface area contributed by atoms with Crippen LogP contribution in [-0.2, 0) is 9.47 Å². The minimum atomic E-state index is 0.611. The summed E-state index contributed by atoms with van der Waals surface area (Å²) in [4.78, 5) is 19.0. The lowest BCUT2D eigenvalue weighted by molar-refractivity contribution is 0.0398. The van der Waals surface area contributed by atoms with Crippen molar-refractivity contribution in [2.75, 3.05) is 90.1 Å². The molecule has 2 aromatic heterocycles. The molecule has 4 heterocycles. The molecule has 2 saturated heterocycles. The Kier molecular flexibility index (Phi) is 7.41. The maximum absolute atomic E-state index is 5.53. The van der Waals surface area contributed by atoms with E-state index in [1.54, 1.807) is 14.2 Å². The Morgan fingerprint density at radius 1 is 0.914 bits per heavy atom. The molecule has 2 fully saturated rings. The van der Waals surface area contributed by atoms with E-state index >= 15 is 0 Å². The third-order valence-corrected chi connectivity index (χ3v) is 6.37. The zero-order valence-corrected chi connectivity index (χ0v) is 20.3. The van der Waals surface area contributed by atoms with Gasteiger partial charge in [-0.3, -0.25) is 4.90 Å². The second kappa shape index (κ2) is 11.0. The summed E-state index contributed by atoms with van der Waals surface area (Å²) in [5.74, 6) is 3.58. The van der Waals surface area contributed by atoms with Gasteiger partial charge < -0.3 is 29.2 Å². The van der Waals surface area contributed by atoms with Crippen LogP contribution >= 0.6 is 0 Å². The summed E-state index contributed by atoms with van der Waals surface area (Å²) in [6.45, 7) is 8.27. The SMILES string of the molecule is COc1cc2nc(-c3ccc(N4CCOCC4)nc3)nc(NCCN3CCOCC3)c2cc1OC. The number of pyridine rings is 1. The fourth-order valence-corrected chi connectivity index (χ4v) is 4.37. The van der Waals surface area contributed by atoms with E-state index in [-0.39, 0.29) is 0 Å². The van der Waals surface area contributed by atoms with Crippen LogP contribution in [0.3, 0.4) is 0 Å². The van der Waals surface area contributed by atoms with E-state index in [0.29, 0.717) is 17.3 Å². The number of anilines is 2. The molecule has 2 aliphatic heterocycles. The number of rotatable bonds is 8. The van der Waals surface area contributed by atoms with Gasteiger partial charge in [0.25, 0.3) is 0 Å². The molecule has 186 valence electrons. The molecule has 0 bridgehead atoms. The van der Waals surface area contributed by atoms with E-state index in [0.717, 1.165) is 93.8 Å². The second-order valence-corrected chi connectivity index (χ2v) is 8.51. The van der Waals surface area contributed by atoms with E-state index in [1.165, 1.54) is 0 Å². The smallest absolute Gasteiger partial charge is 0.163 e. The summed E-state index contributed by atoms with van der Waals surface area (Å²) >= 11 is 0. The van der Waals surface area contributed by atoms with Crippen molar-refractivity contribution in [3.63, 3.8) is 0 Å². The van der Waals surface area contributed by atoms with Crippen molar-refractivity contribution >= 4 is 22.5 Å². The predicted molar refractivity (Wildman–Crippen MR) is 135 cm³/mol. The first-order valence-electron chi connectivity index (χ1n) is 12.0. The van der Waals surface area contributed by atoms with E-state index in [4.69, 9.17) is 28.9 Å². The van der Waals surface area contributed by atoms with Gasteiger partial charge in [-0.1, -0.05) is 0 Å². The fraction of sp³-hybridized carbons (Fsp3) is 0.480. The maximum Gasteiger partial charge on any atom is 0.163 e. The number of fused-ring (bicyclic) bond motifs is 1. The van der Waals surface area contributed by atoms with E-state index in [2.05, 4.69) is 20.1 Å². The van der Waals surface area contributed by atoms with Crippen LogP contribution in [0.25, 0.3) is 22.3 Å². The van der Waals surface area contributed by atoms with Crippen LogP contribution < -0.4 is 19.7 Å². The number of hydrogen-bond donors (Lipinski definition) is 1. The van der Waals surface area contributed by atoms with Crippen LogP contribution in [0.5, 0.6) is 11.5 Å². The maximum atomic E-state index is 5.53. The highest BCUT2D eigenvalue weighted by molar-refractivity contribution is 5.93. The Morgan fingerprint density at radius 2 is 1.63 bits per heavy atom. The lowest BCUT2D eigenvalue weighted by atomic mass is 10.1. The van der Waals surface area contributed by atoms with Gasteiger partial charge in [-0.2, -0.15) is 0 Å². The molecule has 3 aromatic rings. The van der Waals surface area contributed by atoms with E-state index in [1.807, 2.05) is 30.5 Å². The topological polar surface area (TPSA) is 94.1 Å². The fourth-order valence-electron chi connectivity index (χ4n) is 4.37. The van der Waals surface area contributed by atoms with Crippen LogP contribution in [0, 0.1) is 0 Å². The summed E-state index contributed by atoms with van der Waals surface area (Å²) < 4.78 is 22.0. The molecule has 5 rings (SSSR count). The molecule has 0 unspecified atom stereocenters. The van der Waals surface area contributed by atoms with Gasteiger partial charge in [0.15, 0.2) is 17.3 Å². The third-order valence-electron chi connectivity index (χ3n) is 6.37. The van der Waals surface area contributed by atoms with Crippen molar-refractivity contribution in [3.05, 3.63) is 30.5 Å². The molecule has 1 N–H and O–H groups in total. The molecule has 10 heteroatoms. The van der Waals surface area contributed by atoms with Gasteiger partial charge in [0, 0.05) is 62.5 Å². The van der Waals surface area contributed by atoms with Crippen LogP contribution in [-0.4, -0.2) is 99.8 Å². The molecule has 10 nitrogen and oxygen atoms in total. The zero-order valence-electron chi connectivity index (χ0n) is 20.3. The van der Waals surface area contributed by atoms with Crippen molar-refractivity contribution in [3.8, 4) is 22.9 Å². The molecule has 0 saturated carbocycles. The second-order valence-electron chi connectivity index (χ2n) is 8.51. The van der Waals surface area contributed by atoms with Crippen molar-refractivity contribution < 1.29 is 18.9 Å². The molecule has 0 atom stereocenters. The lowest BCUT2D eigenvalue weighted by Gasteiger charge is -2.27. The van der Waals surface area contributed by atoms with Gasteiger partial charge in [-0.25, -0.2) is 15.0 Å². The quantitative estimate of drug-likeness (QED) is 0.517. The molecule has 35 heavy (non-hydrogen) atoms. The minimum Gasteiger partial charge on any atom is -0.493 e. The normalized spacial score (nSPS) is 16.9. The van der Waals surface area contributed by atoms with Crippen molar-refractivity contribution in [2.24, 2.45) is 0 Å². The molecular weight excluding hydrogens is 448 g/mol. The molecular formula is C25H32N6O4. The highest BCUT2D eigenvalue weighted by Gasteiger charge is 2.17. The van der Waals surface area contributed by atoms with Crippen LogP contribution in [0.4, 0.5) is 11.6 Å². The molecule has 2 aliphatic rings. The molecule has 0 amide bonds. The standard InChI is InChI=1S/C25H32N6O4/c1-32-21-15-19-20(16-22(21)33-2)28-24(29-25(19)26-5-6-30-7-11-34-12-8-30)18-3-4-23(27-17-18)31-9-13-35-14-10-31/h3-4,15-17H,5-14H2,1-2H3,(H,26,28,29). The molecule has 1 aromatic carbocycles. The first-order chi connectivity index (χ1) is 17.2. The highest BCUT2D eigenvalue weighted by Crippen LogP contribution is 2.35. The van der Waals surface area contributed by atoms with Crippen molar-refractivity contribution in [2.45, 2.75) is 0 Å². The largest absolute Gasteiger partial charge is 0.493 e. The number of morpholine rings is 2. The summed E-state index contributed by atoms with van der Waals surface area (Å²) in [5.41, 5.74) is 1.63. The monoisotopic (exact) mass is 480 g/mol. The van der Waals surface area contributed by atoms with Crippen molar-refractivity contribution in [1.82, 2.24) is 19.9 Å². The van der Waals surface area contributed by atoms with Crippen molar-refractivity contribution in [1.29, 1.82) is 0 Å². The van der Waals surface area contributed by atoms with Gasteiger partial charge in [0.05, 0.1) is 46.2 Å².